The van der Waals surface area contributed by atoms with E-state index in [1.165, 1.54) is 0 Å². The Hall–Kier alpha value is -2.47. The zero-order chi connectivity index (χ0) is 24.3. The molecule has 0 spiro atoms. The number of carbonyl (C=O) groups excluding carboxylic acids is 1. The van der Waals surface area contributed by atoms with Gasteiger partial charge in [-0.1, -0.05) is 93.6 Å². The third-order valence-electron chi connectivity index (χ3n) is 6.76. The normalized spacial score (nSPS) is 22.3. The van der Waals surface area contributed by atoms with Crippen molar-refractivity contribution in [3.05, 3.63) is 97.1 Å². The van der Waals surface area contributed by atoms with Crippen LogP contribution in [0.4, 0.5) is 0 Å². The van der Waals surface area contributed by atoms with E-state index < -0.39 is 20.3 Å². The fourth-order valence-electron chi connectivity index (χ4n) is 3.95. The monoisotopic (exact) mass is 463 g/mol. The van der Waals surface area contributed by atoms with E-state index in [1.807, 2.05) is 72.8 Å². The molecule has 0 bridgehead atoms. The van der Waals surface area contributed by atoms with Gasteiger partial charge in [-0.15, -0.1) is 13.2 Å². The molecular formula is C28H37NO3Si. The second-order valence-electron chi connectivity index (χ2n) is 10.1. The third kappa shape index (κ3) is 5.06. The summed E-state index contributed by atoms with van der Waals surface area (Å²) in [5, 5.41) is -0.0620. The van der Waals surface area contributed by atoms with Gasteiger partial charge in [-0.05, 0) is 35.7 Å². The molecule has 2 aromatic rings. The Balaban J connectivity index is 2.18. The Morgan fingerprint density at radius 3 is 2.18 bits per heavy atom. The summed E-state index contributed by atoms with van der Waals surface area (Å²) in [6.07, 6.45) is 4.06. The molecule has 1 aliphatic heterocycles. The number of hydrogen-bond acceptors (Lipinski definition) is 3. The molecule has 0 N–H and O–H groups in total. The first-order valence-electron chi connectivity index (χ1n) is 11.6. The van der Waals surface area contributed by atoms with Gasteiger partial charge in [0.15, 0.2) is 14.4 Å². The first kappa shape index (κ1) is 25.2. The lowest BCUT2D eigenvalue weighted by atomic mass is 10.0. The van der Waals surface area contributed by atoms with Crippen molar-refractivity contribution in [1.82, 2.24) is 4.90 Å². The summed E-state index contributed by atoms with van der Waals surface area (Å²) in [4.78, 5) is 15.8. The number of nitrogens with zero attached hydrogens (tertiary/aromatic N) is 1. The molecule has 1 saturated heterocycles. The Morgan fingerprint density at radius 1 is 1.09 bits per heavy atom. The van der Waals surface area contributed by atoms with E-state index in [-0.39, 0.29) is 17.0 Å². The Kier molecular flexibility index (Phi) is 7.47. The second-order valence-corrected chi connectivity index (χ2v) is 14.8. The average molecular weight is 464 g/mol. The molecule has 5 heteroatoms. The number of amides is 1. The van der Waals surface area contributed by atoms with Crippen LogP contribution in [-0.4, -0.2) is 25.0 Å². The fourth-order valence-corrected chi connectivity index (χ4v) is 5.31. The first-order chi connectivity index (χ1) is 15.6. The van der Waals surface area contributed by atoms with Gasteiger partial charge in [0.2, 0.25) is 5.91 Å². The molecule has 33 heavy (non-hydrogen) atoms. The third-order valence-corrected chi connectivity index (χ3v) is 11.2. The SMILES string of the molecule is C=CCCC1(O[Si](C)(C)C(C)(C)C)O[C@@H](c2ccccc2)C(=O)N1[C@H](C=C)c1ccccc1. The molecule has 176 valence electrons. The Bertz CT molecular complexity index is 968. The van der Waals surface area contributed by atoms with E-state index in [0.717, 1.165) is 11.1 Å². The molecule has 1 amide bonds. The fraction of sp³-hybridized carbons (Fsp3) is 0.393. The molecule has 0 aromatic heterocycles. The molecule has 0 aliphatic carbocycles. The molecule has 0 radical (unpaired) electrons. The average Bonchev–Trinajstić information content (AvgIpc) is 3.05. The molecule has 1 aliphatic rings. The molecule has 2 aromatic carbocycles. The first-order valence-corrected chi connectivity index (χ1v) is 14.5. The molecule has 0 saturated carbocycles. The van der Waals surface area contributed by atoms with Crippen molar-refractivity contribution >= 4 is 14.2 Å². The lowest BCUT2D eigenvalue weighted by Crippen LogP contribution is -2.57. The summed E-state index contributed by atoms with van der Waals surface area (Å²) in [6.45, 7) is 19.0. The van der Waals surface area contributed by atoms with Crippen LogP contribution in [-0.2, 0) is 14.0 Å². The van der Waals surface area contributed by atoms with Crippen molar-refractivity contribution in [2.45, 2.75) is 69.8 Å². The van der Waals surface area contributed by atoms with Gasteiger partial charge in [0.05, 0.1) is 6.04 Å². The maximum atomic E-state index is 14.1. The number of benzene rings is 2. The van der Waals surface area contributed by atoms with Gasteiger partial charge >= 0.3 is 0 Å². The van der Waals surface area contributed by atoms with Gasteiger partial charge in [-0.3, -0.25) is 9.69 Å². The standard InChI is InChI=1S/C28H37NO3Si/c1-8-10-21-28(32-33(6,7)27(3,4)5)29(24(9-2)22-17-13-11-14-18-22)26(30)25(31-28)23-19-15-12-16-20-23/h8-9,11-20,24-25H,1-2,10,21H2,3-7H3/t24-,25+,28?/m1/s1. The highest BCUT2D eigenvalue weighted by Gasteiger charge is 2.59. The molecule has 3 atom stereocenters. The van der Waals surface area contributed by atoms with Crippen LogP contribution in [0.2, 0.25) is 18.1 Å². The summed E-state index contributed by atoms with van der Waals surface area (Å²) in [7, 11) is -2.34. The minimum atomic E-state index is -2.34. The molecular weight excluding hydrogens is 426 g/mol. The molecule has 3 rings (SSSR count). The summed E-state index contributed by atoms with van der Waals surface area (Å²) in [6, 6.07) is 19.2. The predicted molar refractivity (Wildman–Crippen MR) is 137 cm³/mol. The van der Waals surface area contributed by atoms with Crippen molar-refractivity contribution in [3.8, 4) is 0 Å². The minimum Gasteiger partial charge on any atom is -0.374 e. The zero-order valence-electron chi connectivity index (χ0n) is 20.6. The largest absolute Gasteiger partial charge is 0.374 e. The van der Waals surface area contributed by atoms with Gasteiger partial charge < -0.3 is 9.16 Å². The van der Waals surface area contributed by atoms with Crippen molar-refractivity contribution in [2.75, 3.05) is 0 Å². The zero-order valence-corrected chi connectivity index (χ0v) is 21.6. The number of allylic oxidation sites excluding steroid dienone is 1. The van der Waals surface area contributed by atoms with Crippen LogP contribution in [0.25, 0.3) is 0 Å². The predicted octanol–water partition coefficient (Wildman–Crippen LogP) is 7.16. The van der Waals surface area contributed by atoms with E-state index in [4.69, 9.17) is 9.16 Å². The highest BCUT2D eigenvalue weighted by molar-refractivity contribution is 6.74. The smallest absolute Gasteiger partial charge is 0.261 e. The van der Waals surface area contributed by atoms with Crippen molar-refractivity contribution < 1.29 is 14.0 Å². The van der Waals surface area contributed by atoms with E-state index in [9.17, 15) is 4.79 Å². The number of hydrogen-bond donors (Lipinski definition) is 0. The lowest BCUT2D eigenvalue weighted by Gasteiger charge is -2.48. The minimum absolute atomic E-state index is 0.0620. The highest BCUT2D eigenvalue weighted by Crippen LogP contribution is 2.50. The van der Waals surface area contributed by atoms with Gasteiger partial charge in [0.25, 0.3) is 5.91 Å². The topological polar surface area (TPSA) is 38.8 Å². The Morgan fingerprint density at radius 2 is 1.67 bits per heavy atom. The highest BCUT2D eigenvalue weighted by atomic mass is 28.4. The van der Waals surface area contributed by atoms with E-state index in [0.29, 0.717) is 12.8 Å². The summed E-state index contributed by atoms with van der Waals surface area (Å²) in [5.74, 6) is -1.33. The van der Waals surface area contributed by atoms with Crippen LogP contribution in [0.1, 0.15) is 56.9 Å². The quantitative estimate of drug-likeness (QED) is 0.293. The van der Waals surface area contributed by atoms with E-state index >= 15 is 0 Å². The maximum Gasteiger partial charge on any atom is 0.261 e. The summed E-state index contributed by atoms with van der Waals surface area (Å²) < 4.78 is 13.7. The van der Waals surface area contributed by atoms with Crippen LogP contribution in [0, 0.1) is 0 Å². The van der Waals surface area contributed by atoms with Gasteiger partial charge in [0, 0.05) is 6.42 Å². The molecule has 4 nitrogen and oxygen atoms in total. The van der Waals surface area contributed by atoms with Crippen LogP contribution in [0.3, 0.4) is 0 Å². The van der Waals surface area contributed by atoms with Crippen LogP contribution >= 0.6 is 0 Å². The number of ether oxygens (including phenoxy) is 1. The van der Waals surface area contributed by atoms with E-state index in [2.05, 4.69) is 47.0 Å². The van der Waals surface area contributed by atoms with E-state index in [1.54, 1.807) is 4.90 Å². The van der Waals surface area contributed by atoms with Crippen LogP contribution < -0.4 is 0 Å². The molecule has 1 fully saturated rings. The van der Waals surface area contributed by atoms with Crippen LogP contribution in [0.5, 0.6) is 0 Å². The molecule has 1 heterocycles. The van der Waals surface area contributed by atoms with Crippen molar-refractivity contribution in [1.29, 1.82) is 0 Å². The number of rotatable bonds is 9. The van der Waals surface area contributed by atoms with Crippen molar-refractivity contribution in [3.63, 3.8) is 0 Å². The summed E-state index contributed by atoms with van der Waals surface area (Å²) >= 11 is 0. The number of carbonyl (C=O) groups is 1. The second kappa shape index (κ2) is 9.80. The molecule has 1 unspecified atom stereocenters. The van der Waals surface area contributed by atoms with Crippen LogP contribution in [0.15, 0.2) is 86.0 Å². The van der Waals surface area contributed by atoms with Crippen molar-refractivity contribution in [2.24, 2.45) is 0 Å². The van der Waals surface area contributed by atoms with Gasteiger partial charge in [-0.25, -0.2) is 0 Å². The van der Waals surface area contributed by atoms with Gasteiger partial charge in [-0.2, -0.15) is 0 Å². The Labute approximate surface area is 200 Å². The maximum absolute atomic E-state index is 14.1. The summed E-state index contributed by atoms with van der Waals surface area (Å²) in [5.41, 5.74) is 1.79. The van der Waals surface area contributed by atoms with Gasteiger partial charge in [0.1, 0.15) is 0 Å². The lowest BCUT2D eigenvalue weighted by molar-refractivity contribution is -0.254.